The van der Waals surface area contributed by atoms with Crippen molar-refractivity contribution in [3.05, 3.63) is 11.8 Å². The van der Waals surface area contributed by atoms with E-state index in [9.17, 15) is 4.79 Å². The second-order valence-electron chi connectivity index (χ2n) is 6.16. The number of H-pyrrole nitrogens is 1. The molecule has 1 aliphatic rings. The highest BCUT2D eigenvalue weighted by atomic mass is 32.1. The third kappa shape index (κ3) is 2.60. The predicted molar refractivity (Wildman–Crippen MR) is 83.5 cm³/mol. The molecule has 3 heterocycles. The van der Waals surface area contributed by atoms with Crippen molar-refractivity contribution in [2.24, 2.45) is 0 Å². The second kappa shape index (κ2) is 4.89. The third-order valence-corrected chi connectivity index (χ3v) is 8.09. The van der Waals surface area contributed by atoms with Crippen LogP contribution in [0, 0.1) is 0 Å². The Morgan fingerprint density at radius 1 is 1.60 bits per heavy atom. The van der Waals surface area contributed by atoms with Crippen molar-refractivity contribution >= 4 is 35.7 Å². The molecule has 0 spiro atoms. The highest BCUT2D eigenvalue weighted by Crippen LogP contribution is 2.31. The molecule has 0 saturated carbocycles. The lowest BCUT2D eigenvalue weighted by Gasteiger charge is -2.15. The van der Waals surface area contributed by atoms with Gasteiger partial charge in [0.05, 0.1) is 11.8 Å². The minimum Gasteiger partial charge on any atom is -0.473 e. The Balaban J connectivity index is 1.71. The standard InChI is InChI=1S/C13H19N3O2SSi/c1-18-13-16-11-10(19-13)6-9(15-11)12(17)14-8-4-5-20(2,3)7-8/h6,8,15H,4-5,7H2,1-3H3,(H,14,17). The van der Waals surface area contributed by atoms with Crippen LogP contribution in [0.3, 0.4) is 0 Å². The topological polar surface area (TPSA) is 67.0 Å². The Bertz CT molecular complexity index is 618. The van der Waals surface area contributed by atoms with E-state index in [-0.39, 0.29) is 5.91 Å². The minimum absolute atomic E-state index is 0.0223. The van der Waals surface area contributed by atoms with Gasteiger partial charge in [-0.25, -0.2) is 0 Å². The van der Waals surface area contributed by atoms with Crippen LogP contribution in [-0.2, 0) is 0 Å². The molecular weight excluding hydrogens is 290 g/mol. The Hall–Kier alpha value is -1.34. The van der Waals surface area contributed by atoms with E-state index in [1.807, 2.05) is 6.07 Å². The van der Waals surface area contributed by atoms with Crippen LogP contribution in [0.15, 0.2) is 6.07 Å². The van der Waals surface area contributed by atoms with E-state index in [0.29, 0.717) is 16.9 Å². The fourth-order valence-electron chi connectivity index (χ4n) is 2.83. The van der Waals surface area contributed by atoms with E-state index in [2.05, 4.69) is 28.4 Å². The molecule has 1 atom stereocenters. The van der Waals surface area contributed by atoms with Gasteiger partial charge < -0.3 is 15.0 Å². The van der Waals surface area contributed by atoms with Gasteiger partial charge >= 0.3 is 0 Å². The summed E-state index contributed by atoms with van der Waals surface area (Å²) >= 11 is 1.44. The number of ether oxygens (including phenoxy) is 1. The first kappa shape index (κ1) is 13.6. The number of hydrogen-bond donors (Lipinski definition) is 2. The number of carbonyl (C=O) groups is 1. The molecule has 20 heavy (non-hydrogen) atoms. The smallest absolute Gasteiger partial charge is 0.275 e. The maximum atomic E-state index is 12.3. The van der Waals surface area contributed by atoms with Gasteiger partial charge in [-0.05, 0) is 18.5 Å². The molecule has 2 N–H and O–H groups in total. The summed E-state index contributed by atoms with van der Waals surface area (Å²) in [6, 6.07) is 4.67. The summed E-state index contributed by atoms with van der Waals surface area (Å²) in [5, 5.41) is 3.75. The summed E-state index contributed by atoms with van der Waals surface area (Å²) in [6.07, 6.45) is 1.12. The van der Waals surface area contributed by atoms with Gasteiger partial charge in [-0.2, -0.15) is 4.98 Å². The van der Waals surface area contributed by atoms with Crippen molar-refractivity contribution in [2.75, 3.05) is 7.11 Å². The lowest BCUT2D eigenvalue weighted by Crippen LogP contribution is -2.34. The molecule has 1 fully saturated rings. The molecule has 0 bridgehead atoms. The van der Waals surface area contributed by atoms with Crippen LogP contribution >= 0.6 is 11.3 Å². The van der Waals surface area contributed by atoms with Crippen LogP contribution in [0.1, 0.15) is 16.9 Å². The molecule has 0 aromatic carbocycles. The van der Waals surface area contributed by atoms with Crippen molar-refractivity contribution in [1.82, 2.24) is 15.3 Å². The Morgan fingerprint density at radius 2 is 2.40 bits per heavy atom. The molecule has 1 unspecified atom stereocenters. The normalized spacial score (nSPS) is 21.2. The van der Waals surface area contributed by atoms with E-state index in [4.69, 9.17) is 4.74 Å². The van der Waals surface area contributed by atoms with Crippen molar-refractivity contribution in [3.63, 3.8) is 0 Å². The fourth-order valence-corrected chi connectivity index (χ4v) is 6.58. The number of nitrogens with one attached hydrogen (secondary N) is 2. The highest BCUT2D eigenvalue weighted by Gasteiger charge is 2.33. The first-order valence-electron chi connectivity index (χ1n) is 6.81. The monoisotopic (exact) mass is 309 g/mol. The molecule has 108 valence electrons. The number of thiazole rings is 1. The molecule has 1 saturated heterocycles. The number of amides is 1. The number of fused-ring (bicyclic) bond motifs is 1. The molecule has 0 aliphatic carbocycles. The maximum absolute atomic E-state index is 12.3. The quantitative estimate of drug-likeness (QED) is 0.857. The Labute approximate surface area is 122 Å². The summed E-state index contributed by atoms with van der Waals surface area (Å²) in [6.45, 7) is 4.78. The summed E-state index contributed by atoms with van der Waals surface area (Å²) in [7, 11) is 0.540. The lowest BCUT2D eigenvalue weighted by molar-refractivity contribution is 0.0936. The molecule has 1 amide bonds. The summed E-state index contributed by atoms with van der Waals surface area (Å²) < 4.78 is 6.03. The molecule has 5 nitrogen and oxygen atoms in total. The molecule has 0 radical (unpaired) electrons. The molecule has 1 aliphatic heterocycles. The first-order valence-corrected chi connectivity index (χ1v) is 11.0. The van der Waals surface area contributed by atoms with E-state index >= 15 is 0 Å². The zero-order chi connectivity index (χ0) is 14.3. The van der Waals surface area contributed by atoms with Crippen LogP contribution in [-0.4, -0.2) is 37.1 Å². The van der Waals surface area contributed by atoms with Gasteiger partial charge in [0, 0.05) is 14.1 Å². The number of methoxy groups -OCH3 is 1. The highest BCUT2D eigenvalue weighted by molar-refractivity contribution is 7.20. The van der Waals surface area contributed by atoms with Gasteiger partial charge in [0.25, 0.3) is 11.1 Å². The fraction of sp³-hybridized carbons (Fsp3) is 0.538. The van der Waals surface area contributed by atoms with Gasteiger partial charge in [0.15, 0.2) is 5.65 Å². The average Bonchev–Trinajstić information content (AvgIpc) is 3.01. The second-order valence-corrected chi connectivity index (χ2v) is 12.4. The third-order valence-electron chi connectivity index (χ3n) is 3.89. The lowest BCUT2D eigenvalue weighted by atomic mass is 10.2. The van der Waals surface area contributed by atoms with Crippen LogP contribution in [0.5, 0.6) is 5.19 Å². The first-order chi connectivity index (χ1) is 9.47. The molecular formula is C13H19N3O2SSi. The number of rotatable bonds is 3. The van der Waals surface area contributed by atoms with E-state index in [0.717, 1.165) is 16.8 Å². The van der Waals surface area contributed by atoms with Crippen LogP contribution in [0.2, 0.25) is 25.2 Å². The molecule has 2 aromatic heterocycles. The summed E-state index contributed by atoms with van der Waals surface area (Å²) in [5.41, 5.74) is 1.31. The van der Waals surface area contributed by atoms with Crippen molar-refractivity contribution in [1.29, 1.82) is 0 Å². The Kier molecular flexibility index (Phi) is 3.33. The Morgan fingerprint density at radius 3 is 3.00 bits per heavy atom. The minimum atomic E-state index is -1.05. The van der Waals surface area contributed by atoms with Gasteiger partial charge in [0.2, 0.25) is 0 Å². The number of hydrogen-bond acceptors (Lipinski definition) is 4. The largest absolute Gasteiger partial charge is 0.473 e. The maximum Gasteiger partial charge on any atom is 0.275 e. The number of nitrogens with zero attached hydrogens (tertiary/aromatic N) is 1. The number of aromatic amines is 1. The van der Waals surface area contributed by atoms with Gasteiger partial charge in [-0.1, -0.05) is 30.5 Å². The molecule has 7 heteroatoms. The summed E-state index contributed by atoms with van der Waals surface area (Å²) in [4.78, 5) is 19.6. The van der Waals surface area contributed by atoms with Crippen LogP contribution in [0.25, 0.3) is 10.3 Å². The predicted octanol–water partition coefficient (Wildman–Crippen LogP) is 2.84. The van der Waals surface area contributed by atoms with Gasteiger partial charge in [0.1, 0.15) is 5.69 Å². The zero-order valence-electron chi connectivity index (χ0n) is 11.9. The van der Waals surface area contributed by atoms with Crippen molar-refractivity contribution in [3.8, 4) is 5.19 Å². The SMILES string of the molecule is COc1nc2[nH]c(C(=O)NC3CC[Si](C)(C)C3)cc2s1. The average molecular weight is 309 g/mol. The summed E-state index contributed by atoms with van der Waals surface area (Å²) in [5.74, 6) is -0.0223. The van der Waals surface area contributed by atoms with E-state index < -0.39 is 8.07 Å². The van der Waals surface area contributed by atoms with E-state index in [1.54, 1.807) is 7.11 Å². The zero-order valence-corrected chi connectivity index (χ0v) is 13.8. The van der Waals surface area contributed by atoms with E-state index in [1.165, 1.54) is 23.4 Å². The van der Waals surface area contributed by atoms with Crippen LogP contribution < -0.4 is 10.1 Å². The van der Waals surface area contributed by atoms with Crippen LogP contribution in [0.4, 0.5) is 0 Å². The van der Waals surface area contributed by atoms with Gasteiger partial charge in [-0.15, -0.1) is 0 Å². The number of aromatic nitrogens is 2. The van der Waals surface area contributed by atoms with Crippen molar-refractivity contribution in [2.45, 2.75) is 37.6 Å². The molecule has 3 rings (SSSR count). The van der Waals surface area contributed by atoms with Crippen molar-refractivity contribution < 1.29 is 9.53 Å². The molecule has 2 aromatic rings. The van der Waals surface area contributed by atoms with Gasteiger partial charge in [-0.3, -0.25) is 4.79 Å². The number of carbonyl (C=O) groups excluding carboxylic acids is 1.